The van der Waals surface area contributed by atoms with Crippen LogP contribution in [0, 0.1) is 6.92 Å². The van der Waals surface area contributed by atoms with Crippen molar-refractivity contribution in [3.8, 4) is 5.75 Å². The summed E-state index contributed by atoms with van der Waals surface area (Å²) in [4.78, 5) is 43.7. The number of hydrogen-bond donors (Lipinski definition) is 2. The summed E-state index contributed by atoms with van der Waals surface area (Å²) in [6, 6.07) is 7.04. The van der Waals surface area contributed by atoms with Gasteiger partial charge in [0.2, 0.25) is 0 Å². The lowest BCUT2D eigenvalue weighted by atomic mass is 10.2. The Bertz CT molecular complexity index is 1090. The van der Waals surface area contributed by atoms with Crippen LogP contribution in [0.5, 0.6) is 5.75 Å². The third-order valence-electron chi connectivity index (χ3n) is 4.11. The fourth-order valence-electron chi connectivity index (χ4n) is 2.68. The molecule has 0 aliphatic rings. The summed E-state index contributed by atoms with van der Waals surface area (Å²) in [7, 11) is 0. The second-order valence-electron chi connectivity index (χ2n) is 6.02. The molecule has 142 valence electrons. The standard InChI is InChI=1S/C18H20N4O5/c1-3-15-19-11(2)14(16(23)20-15)8-9-26-13-6-4-12(5-7-13)10-22-17(24)21-18(25)27-22/h4-7H,3,8-10H2,1-2H3,(H,19,20,23)(H,21,24,25). The lowest BCUT2D eigenvalue weighted by molar-refractivity contribution is 0.258. The van der Waals surface area contributed by atoms with E-state index >= 15 is 0 Å². The van der Waals surface area contributed by atoms with Crippen molar-refractivity contribution in [1.29, 1.82) is 0 Å². The number of benzene rings is 1. The van der Waals surface area contributed by atoms with E-state index in [1.807, 2.05) is 18.8 Å². The Hall–Kier alpha value is -3.36. The van der Waals surface area contributed by atoms with Crippen molar-refractivity contribution in [3.05, 3.63) is 78.3 Å². The average molecular weight is 372 g/mol. The molecule has 9 heteroatoms. The van der Waals surface area contributed by atoms with E-state index in [-0.39, 0.29) is 12.1 Å². The molecule has 3 aromatic rings. The van der Waals surface area contributed by atoms with Gasteiger partial charge in [0.1, 0.15) is 11.6 Å². The smallest absolute Gasteiger partial charge is 0.440 e. The maximum absolute atomic E-state index is 12.1. The molecule has 0 fully saturated rings. The Balaban J connectivity index is 1.59. The molecule has 3 rings (SSSR count). The fraction of sp³-hybridized carbons (Fsp3) is 0.333. The number of nitrogens with one attached hydrogen (secondary N) is 2. The Morgan fingerprint density at radius 2 is 1.89 bits per heavy atom. The van der Waals surface area contributed by atoms with Crippen molar-refractivity contribution in [1.82, 2.24) is 19.7 Å². The lowest BCUT2D eigenvalue weighted by Gasteiger charge is -2.09. The summed E-state index contributed by atoms with van der Waals surface area (Å²) in [6.45, 7) is 4.23. The van der Waals surface area contributed by atoms with Crippen molar-refractivity contribution in [2.24, 2.45) is 0 Å². The molecule has 2 heterocycles. The van der Waals surface area contributed by atoms with E-state index in [2.05, 4.69) is 9.97 Å². The molecular formula is C18H20N4O5. The van der Waals surface area contributed by atoms with Gasteiger partial charge in [-0.1, -0.05) is 19.1 Å². The maximum atomic E-state index is 12.1. The molecule has 0 bridgehead atoms. The predicted octanol–water partition coefficient (Wildman–Crippen LogP) is 0.754. The largest absolute Gasteiger partial charge is 0.493 e. The first-order chi connectivity index (χ1) is 13.0. The molecule has 2 aromatic heterocycles. The summed E-state index contributed by atoms with van der Waals surface area (Å²) < 4.78 is 11.4. The van der Waals surface area contributed by atoms with Crippen LogP contribution < -0.4 is 21.7 Å². The van der Waals surface area contributed by atoms with Crippen molar-refractivity contribution >= 4 is 0 Å². The minimum absolute atomic E-state index is 0.128. The summed E-state index contributed by atoms with van der Waals surface area (Å²) in [6.07, 6.45) is 1.13. The second-order valence-corrected chi connectivity index (χ2v) is 6.02. The molecule has 0 aliphatic carbocycles. The molecular weight excluding hydrogens is 352 g/mol. The molecule has 0 amide bonds. The van der Waals surface area contributed by atoms with E-state index in [0.717, 1.165) is 10.3 Å². The maximum Gasteiger partial charge on any atom is 0.440 e. The molecule has 1 aromatic carbocycles. The zero-order chi connectivity index (χ0) is 19.4. The molecule has 0 saturated carbocycles. The Kier molecular flexibility index (Phi) is 5.39. The minimum atomic E-state index is -0.785. The van der Waals surface area contributed by atoms with E-state index in [9.17, 15) is 14.4 Å². The molecule has 0 unspecified atom stereocenters. The summed E-state index contributed by atoms with van der Waals surface area (Å²) in [5, 5.41) is 0. The van der Waals surface area contributed by atoms with Crippen LogP contribution in [0.1, 0.15) is 29.6 Å². The number of H-pyrrole nitrogens is 2. The minimum Gasteiger partial charge on any atom is -0.493 e. The van der Waals surface area contributed by atoms with Gasteiger partial charge in [-0.25, -0.2) is 19.6 Å². The van der Waals surface area contributed by atoms with Crippen LogP contribution in [0.4, 0.5) is 0 Å². The molecule has 0 radical (unpaired) electrons. The van der Waals surface area contributed by atoms with Crippen LogP contribution in [0.3, 0.4) is 0 Å². The quantitative estimate of drug-likeness (QED) is 0.631. The number of ether oxygens (including phenoxy) is 1. The molecule has 0 saturated heterocycles. The molecule has 0 spiro atoms. The SMILES string of the molecule is CCc1nc(C)c(CCOc2ccc(Cn3oc(=O)[nH]c3=O)cc2)c(=O)[nH]1. The van der Waals surface area contributed by atoms with Gasteiger partial charge in [-0.05, 0) is 24.6 Å². The van der Waals surface area contributed by atoms with Crippen molar-refractivity contribution in [3.63, 3.8) is 0 Å². The van der Waals surface area contributed by atoms with E-state index in [1.165, 1.54) is 0 Å². The highest BCUT2D eigenvalue weighted by Gasteiger charge is 2.08. The third kappa shape index (κ3) is 4.43. The first-order valence-electron chi connectivity index (χ1n) is 8.57. The lowest BCUT2D eigenvalue weighted by Crippen LogP contribution is -2.20. The van der Waals surface area contributed by atoms with Gasteiger partial charge in [-0.3, -0.25) is 4.79 Å². The van der Waals surface area contributed by atoms with Gasteiger partial charge in [0.05, 0.1) is 13.2 Å². The molecule has 9 nitrogen and oxygen atoms in total. The van der Waals surface area contributed by atoms with Gasteiger partial charge >= 0.3 is 11.4 Å². The fourth-order valence-corrected chi connectivity index (χ4v) is 2.68. The van der Waals surface area contributed by atoms with Gasteiger partial charge in [0.15, 0.2) is 0 Å². The normalized spacial score (nSPS) is 10.9. The first-order valence-corrected chi connectivity index (χ1v) is 8.57. The Morgan fingerprint density at radius 3 is 2.48 bits per heavy atom. The van der Waals surface area contributed by atoms with E-state index in [4.69, 9.17) is 9.26 Å². The van der Waals surface area contributed by atoms with Gasteiger partial charge in [-0.2, -0.15) is 0 Å². The average Bonchev–Trinajstić information content (AvgIpc) is 2.95. The predicted molar refractivity (Wildman–Crippen MR) is 97.3 cm³/mol. The number of hydrogen-bond acceptors (Lipinski definition) is 6. The third-order valence-corrected chi connectivity index (χ3v) is 4.11. The summed E-state index contributed by atoms with van der Waals surface area (Å²) in [5.41, 5.74) is 1.39. The summed E-state index contributed by atoms with van der Waals surface area (Å²) >= 11 is 0. The number of aryl methyl sites for hydroxylation is 2. The number of nitrogens with zero attached hydrogens (tertiary/aromatic N) is 2. The number of aromatic amines is 2. The van der Waals surface area contributed by atoms with Gasteiger partial charge < -0.3 is 14.2 Å². The van der Waals surface area contributed by atoms with Crippen LogP contribution in [0.2, 0.25) is 0 Å². The van der Waals surface area contributed by atoms with Crippen LogP contribution in [0.25, 0.3) is 0 Å². The second kappa shape index (κ2) is 7.90. The highest BCUT2D eigenvalue weighted by atomic mass is 16.5. The van der Waals surface area contributed by atoms with Gasteiger partial charge in [-0.15, -0.1) is 4.74 Å². The number of rotatable bonds is 7. The molecule has 27 heavy (non-hydrogen) atoms. The van der Waals surface area contributed by atoms with E-state index in [0.29, 0.717) is 42.3 Å². The van der Waals surface area contributed by atoms with Crippen molar-refractivity contribution in [2.45, 2.75) is 33.2 Å². The molecule has 0 atom stereocenters. The van der Waals surface area contributed by atoms with Crippen LogP contribution >= 0.6 is 0 Å². The zero-order valence-electron chi connectivity index (χ0n) is 15.1. The van der Waals surface area contributed by atoms with E-state index < -0.39 is 11.4 Å². The van der Waals surface area contributed by atoms with Gasteiger partial charge in [0.25, 0.3) is 5.56 Å². The Morgan fingerprint density at radius 1 is 1.15 bits per heavy atom. The van der Waals surface area contributed by atoms with Crippen LogP contribution in [-0.2, 0) is 19.4 Å². The monoisotopic (exact) mass is 372 g/mol. The van der Waals surface area contributed by atoms with Gasteiger partial charge in [0, 0.05) is 24.1 Å². The van der Waals surface area contributed by atoms with Crippen LogP contribution in [0.15, 0.2) is 43.2 Å². The van der Waals surface area contributed by atoms with Crippen molar-refractivity contribution in [2.75, 3.05) is 6.61 Å². The highest BCUT2D eigenvalue weighted by Crippen LogP contribution is 2.13. The molecule has 2 N–H and O–H groups in total. The van der Waals surface area contributed by atoms with E-state index in [1.54, 1.807) is 24.3 Å². The van der Waals surface area contributed by atoms with Crippen molar-refractivity contribution < 1.29 is 9.26 Å². The zero-order valence-corrected chi connectivity index (χ0v) is 15.1. The molecule has 0 aliphatic heterocycles. The number of aromatic nitrogens is 4. The topological polar surface area (TPSA) is 123 Å². The highest BCUT2D eigenvalue weighted by molar-refractivity contribution is 5.27. The first kappa shape index (κ1) is 18.4. The van der Waals surface area contributed by atoms with Crippen LogP contribution in [-0.4, -0.2) is 26.3 Å². The summed E-state index contributed by atoms with van der Waals surface area (Å²) in [5.74, 6) is 0.524. The Labute approximate surface area is 153 Å².